The molecular formula is C26H25N5O6S2. The Hall–Kier alpha value is -4.49. The Labute approximate surface area is 226 Å². The van der Waals surface area contributed by atoms with E-state index < -0.39 is 32.0 Å². The van der Waals surface area contributed by atoms with E-state index in [-0.39, 0.29) is 22.2 Å². The summed E-state index contributed by atoms with van der Waals surface area (Å²) in [6, 6.07) is 21.2. The average Bonchev–Trinajstić information content (AvgIpc) is 2.90. The molecule has 39 heavy (non-hydrogen) atoms. The summed E-state index contributed by atoms with van der Waals surface area (Å²) in [7, 11) is -7.80. The van der Waals surface area contributed by atoms with Gasteiger partial charge in [0.25, 0.3) is 10.0 Å². The van der Waals surface area contributed by atoms with Crippen LogP contribution in [-0.4, -0.2) is 45.0 Å². The van der Waals surface area contributed by atoms with Crippen LogP contribution in [0.5, 0.6) is 11.5 Å². The number of anilines is 3. The van der Waals surface area contributed by atoms with E-state index >= 15 is 0 Å². The maximum Gasteiger partial charge on any atom is 0.264 e. The Morgan fingerprint density at radius 3 is 2.00 bits per heavy atom. The second kappa shape index (κ2) is 11.5. The van der Waals surface area contributed by atoms with Crippen molar-refractivity contribution in [1.82, 2.24) is 9.97 Å². The van der Waals surface area contributed by atoms with Gasteiger partial charge in [-0.2, -0.15) is 0 Å². The predicted octanol–water partition coefficient (Wildman–Crippen LogP) is 3.86. The van der Waals surface area contributed by atoms with E-state index in [1.165, 1.54) is 43.6 Å². The lowest BCUT2D eigenvalue weighted by Gasteiger charge is -2.28. The minimum absolute atomic E-state index is 0.0726. The number of sulfonamides is 2. The molecule has 0 aliphatic carbocycles. The number of hydrogen-bond donors (Lipinski definition) is 2. The third-order valence-electron chi connectivity index (χ3n) is 5.38. The Morgan fingerprint density at radius 2 is 1.41 bits per heavy atom. The maximum atomic E-state index is 13.0. The molecular weight excluding hydrogens is 542 g/mol. The lowest BCUT2D eigenvalue weighted by molar-refractivity contribution is -0.116. The van der Waals surface area contributed by atoms with Gasteiger partial charge in [0.1, 0.15) is 17.5 Å². The largest absolute Gasteiger partial charge is 0.457 e. The standard InChI is InChI=1S/C26H25N5O6S2/c1-19(31(38(2,33)34)21-11-13-23(14-12-21)37-22-7-4-3-5-8-22)25(32)29-20-9-15-24(16-10-20)39(35,36)30-26-27-17-6-18-28-26/h3-19H,1-2H3,(H,29,32)(H,27,28,30). The maximum absolute atomic E-state index is 13.0. The highest BCUT2D eigenvalue weighted by Gasteiger charge is 2.29. The minimum Gasteiger partial charge on any atom is -0.457 e. The van der Waals surface area contributed by atoms with Crippen molar-refractivity contribution in [3.63, 3.8) is 0 Å². The van der Waals surface area contributed by atoms with Gasteiger partial charge in [-0.05, 0) is 73.7 Å². The molecule has 0 saturated heterocycles. The average molecular weight is 568 g/mol. The Morgan fingerprint density at radius 1 is 0.821 bits per heavy atom. The number of carbonyl (C=O) groups excluding carboxylic acids is 1. The predicted molar refractivity (Wildman–Crippen MR) is 148 cm³/mol. The fraction of sp³-hybridized carbons (Fsp3) is 0.115. The molecule has 3 aromatic carbocycles. The van der Waals surface area contributed by atoms with E-state index in [0.717, 1.165) is 10.6 Å². The molecule has 2 N–H and O–H groups in total. The van der Waals surface area contributed by atoms with Crippen LogP contribution in [0.2, 0.25) is 0 Å². The highest BCUT2D eigenvalue weighted by Crippen LogP contribution is 2.27. The zero-order valence-electron chi connectivity index (χ0n) is 20.9. The van der Waals surface area contributed by atoms with Crippen molar-refractivity contribution in [2.24, 2.45) is 0 Å². The van der Waals surface area contributed by atoms with Gasteiger partial charge in [-0.1, -0.05) is 18.2 Å². The summed E-state index contributed by atoms with van der Waals surface area (Å²) in [5, 5.41) is 2.63. The van der Waals surface area contributed by atoms with Crippen molar-refractivity contribution in [1.29, 1.82) is 0 Å². The summed E-state index contributed by atoms with van der Waals surface area (Å²) in [5.74, 6) is 0.431. The quantitative estimate of drug-likeness (QED) is 0.294. The second-order valence-electron chi connectivity index (χ2n) is 8.34. The van der Waals surface area contributed by atoms with Gasteiger partial charge in [0.2, 0.25) is 21.9 Å². The van der Waals surface area contributed by atoms with E-state index in [1.807, 2.05) is 18.2 Å². The first-order chi connectivity index (χ1) is 18.5. The normalized spacial score (nSPS) is 12.3. The minimum atomic E-state index is -3.95. The van der Waals surface area contributed by atoms with E-state index in [1.54, 1.807) is 42.5 Å². The Bertz CT molecular complexity index is 1630. The molecule has 202 valence electrons. The first-order valence-corrected chi connectivity index (χ1v) is 14.9. The molecule has 0 saturated carbocycles. The van der Waals surface area contributed by atoms with Crippen molar-refractivity contribution in [2.45, 2.75) is 17.9 Å². The highest BCUT2D eigenvalue weighted by atomic mass is 32.2. The number of aromatic nitrogens is 2. The molecule has 0 fully saturated rings. The van der Waals surface area contributed by atoms with Crippen molar-refractivity contribution in [3.05, 3.63) is 97.3 Å². The topological polar surface area (TPSA) is 148 Å². The molecule has 1 heterocycles. The monoisotopic (exact) mass is 567 g/mol. The van der Waals surface area contributed by atoms with Gasteiger partial charge in [-0.3, -0.25) is 9.10 Å². The number of ether oxygens (including phenoxy) is 1. The lowest BCUT2D eigenvalue weighted by Crippen LogP contribution is -2.45. The first kappa shape index (κ1) is 27.5. The zero-order chi connectivity index (χ0) is 28.0. The molecule has 13 heteroatoms. The fourth-order valence-corrected chi connectivity index (χ4v) is 5.72. The van der Waals surface area contributed by atoms with E-state index in [4.69, 9.17) is 4.74 Å². The molecule has 1 aromatic heterocycles. The summed E-state index contributed by atoms with van der Waals surface area (Å²) in [6.07, 6.45) is 3.81. The van der Waals surface area contributed by atoms with Gasteiger partial charge in [0, 0.05) is 18.1 Å². The van der Waals surface area contributed by atoms with Gasteiger partial charge < -0.3 is 10.1 Å². The van der Waals surface area contributed by atoms with E-state index in [9.17, 15) is 21.6 Å². The van der Waals surface area contributed by atoms with Crippen molar-refractivity contribution >= 4 is 43.3 Å². The molecule has 0 bridgehead atoms. The smallest absolute Gasteiger partial charge is 0.264 e. The molecule has 1 atom stereocenters. The van der Waals surface area contributed by atoms with Gasteiger partial charge >= 0.3 is 0 Å². The number of nitrogens with one attached hydrogen (secondary N) is 2. The molecule has 0 aliphatic rings. The van der Waals surface area contributed by atoms with Crippen molar-refractivity contribution in [2.75, 3.05) is 20.6 Å². The number of rotatable bonds is 10. The second-order valence-corrected chi connectivity index (χ2v) is 11.9. The summed E-state index contributed by atoms with van der Waals surface area (Å²) in [6.45, 7) is 1.45. The van der Waals surface area contributed by atoms with Gasteiger partial charge in [-0.25, -0.2) is 31.5 Å². The molecule has 0 aliphatic heterocycles. The van der Waals surface area contributed by atoms with Gasteiger partial charge in [-0.15, -0.1) is 0 Å². The number of nitrogens with zero attached hydrogens (tertiary/aromatic N) is 3. The van der Waals surface area contributed by atoms with Crippen LogP contribution in [0.15, 0.2) is 102 Å². The number of hydrogen-bond acceptors (Lipinski definition) is 8. The molecule has 0 spiro atoms. The van der Waals surface area contributed by atoms with Crippen LogP contribution >= 0.6 is 0 Å². The van der Waals surface area contributed by atoms with Gasteiger partial charge in [0.15, 0.2) is 0 Å². The molecule has 0 radical (unpaired) electrons. The van der Waals surface area contributed by atoms with Crippen LogP contribution in [0.4, 0.5) is 17.3 Å². The molecule has 4 aromatic rings. The molecule has 1 amide bonds. The SMILES string of the molecule is CC(C(=O)Nc1ccc(S(=O)(=O)Nc2ncccn2)cc1)N(c1ccc(Oc2ccccc2)cc1)S(C)(=O)=O. The molecule has 11 nitrogen and oxygen atoms in total. The van der Waals surface area contributed by atoms with Crippen LogP contribution in [0.1, 0.15) is 6.92 Å². The number of carbonyl (C=O) groups is 1. The first-order valence-electron chi connectivity index (χ1n) is 11.6. The third kappa shape index (κ3) is 7.09. The van der Waals surface area contributed by atoms with Crippen molar-refractivity contribution in [3.8, 4) is 11.5 Å². The zero-order valence-corrected chi connectivity index (χ0v) is 22.6. The number of amides is 1. The summed E-state index contributed by atoms with van der Waals surface area (Å²) in [5.41, 5.74) is 0.554. The third-order valence-corrected chi connectivity index (χ3v) is 7.97. The van der Waals surface area contributed by atoms with E-state index in [0.29, 0.717) is 11.5 Å². The van der Waals surface area contributed by atoms with Crippen LogP contribution in [0.25, 0.3) is 0 Å². The van der Waals surface area contributed by atoms with E-state index in [2.05, 4.69) is 20.0 Å². The summed E-state index contributed by atoms with van der Waals surface area (Å²) >= 11 is 0. The Balaban J connectivity index is 1.46. The van der Waals surface area contributed by atoms with Gasteiger partial charge in [0.05, 0.1) is 16.8 Å². The molecule has 4 rings (SSSR count). The van der Waals surface area contributed by atoms with Crippen molar-refractivity contribution < 1.29 is 26.4 Å². The fourth-order valence-electron chi connectivity index (χ4n) is 3.59. The number of para-hydroxylation sites is 1. The van der Waals surface area contributed by atoms with Crippen LogP contribution in [-0.2, 0) is 24.8 Å². The summed E-state index contributed by atoms with van der Waals surface area (Å²) < 4.78 is 59.4. The van der Waals surface area contributed by atoms with Crippen LogP contribution in [0, 0.1) is 0 Å². The summed E-state index contributed by atoms with van der Waals surface area (Å²) in [4.78, 5) is 20.6. The Kier molecular flexibility index (Phi) is 8.12. The highest BCUT2D eigenvalue weighted by molar-refractivity contribution is 7.92. The van der Waals surface area contributed by atoms with Crippen LogP contribution in [0.3, 0.4) is 0 Å². The lowest BCUT2D eigenvalue weighted by atomic mass is 10.2. The van der Waals surface area contributed by atoms with Crippen LogP contribution < -0.4 is 19.1 Å². The number of benzene rings is 3. The molecule has 1 unspecified atom stereocenters.